The fourth-order valence-corrected chi connectivity index (χ4v) is 3.87. The number of carbonyl (C=O) groups is 3. The van der Waals surface area contributed by atoms with Crippen LogP contribution in [0.3, 0.4) is 0 Å². The highest BCUT2D eigenvalue weighted by molar-refractivity contribution is 6.02. The molecule has 1 N–H and O–H groups in total. The van der Waals surface area contributed by atoms with E-state index in [9.17, 15) is 19.5 Å². The Kier molecular flexibility index (Phi) is 6.82. The molecule has 1 aliphatic rings. The van der Waals surface area contributed by atoms with Gasteiger partial charge in [0.05, 0.1) is 24.7 Å². The van der Waals surface area contributed by atoms with Crippen LogP contribution in [0.5, 0.6) is 0 Å². The van der Waals surface area contributed by atoms with E-state index >= 15 is 0 Å². The Bertz CT molecular complexity index is 725. The van der Waals surface area contributed by atoms with Crippen LogP contribution in [0.4, 0.5) is 5.69 Å². The van der Waals surface area contributed by atoms with Crippen molar-refractivity contribution in [3.8, 4) is 0 Å². The second-order valence-electron chi connectivity index (χ2n) is 7.47. The summed E-state index contributed by atoms with van der Waals surface area (Å²) in [6.45, 7) is 5.02. The molecule has 154 valence electrons. The summed E-state index contributed by atoms with van der Waals surface area (Å²) < 4.78 is 10.3. The van der Waals surface area contributed by atoms with Gasteiger partial charge in [-0.25, -0.2) is 0 Å². The van der Waals surface area contributed by atoms with Crippen molar-refractivity contribution in [1.82, 2.24) is 0 Å². The molecule has 1 fully saturated rings. The van der Waals surface area contributed by atoms with Crippen molar-refractivity contribution < 1.29 is 29.0 Å². The van der Waals surface area contributed by atoms with E-state index in [1.165, 1.54) is 6.92 Å². The second-order valence-corrected chi connectivity index (χ2v) is 7.47. The number of rotatable bonds is 6. The third-order valence-corrected chi connectivity index (χ3v) is 5.14. The lowest BCUT2D eigenvalue weighted by Gasteiger charge is -2.43. The largest absolute Gasteiger partial charge is 0.466 e. The number of hydrogen-bond acceptors (Lipinski definition) is 7. The van der Waals surface area contributed by atoms with E-state index in [4.69, 9.17) is 9.47 Å². The molecule has 0 heterocycles. The van der Waals surface area contributed by atoms with Gasteiger partial charge in [0.2, 0.25) is 0 Å². The smallest absolute Gasteiger partial charge is 0.317 e. The van der Waals surface area contributed by atoms with Crippen LogP contribution in [-0.2, 0) is 23.9 Å². The molecule has 28 heavy (non-hydrogen) atoms. The first kappa shape index (κ1) is 21.9. The van der Waals surface area contributed by atoms with Crippen molar-refractivity contribution in [2.45, 2.75) is 38.7 Å². The Morgan fingerprint density at radius 1 is 1.11 bits per heavy atom. The molecule has 0 radical (unpaired) electrons. The fourth-order valence-electron chi connectivity index (χ4n) is 3.87. The van der Waals surface area contributed by atoms with Gasteiger partial charge in [-0.3, -0.25) is 14.4 Å². The zero-order valence-electron chi connectivity index (χ0n) is 17.1. The molecule has 0 amide bonds. The second kappa shape index (κ2) is 8.73. The van der Waals surface area contributed by atoms with Crippen LogP contribution in [-0.4, -0.2) is 55.7 Å². The van der Waals surface area contributed by atoms with Crippen molar-refractivity contribution in [3.63, 3.8) is 0 Å². The highest BCUT2D eigenvalue weighted by Crippen LogP contribution is 2.46. The minimum Gasteiger partial charge on any atom is -0.466 e. The van der Waals surface area contributed by atoms with E-state index in [1.54, 1.807) is 26.0 Å². The van der Waals surface area contributed by atoms with Gasteiger partial charge in [0.25, 0.3) is 0 Å². The molecular weight excluding hydrogens is 362 g/mol. The molecule has 0 unspecified atom stereocenters. The number of ether oxygens (including phenoxy) is 2. The number of aliphatic hydroxyl groups is 1. The molecule has 7 nitrogen and oxygen atoms in total. The molecule has 1 aromatic rings. The molecule has 1 aromatic carbocycles. The Morgan fingerprint density at radius 2 is 1.64 bits per heavy atom. The van der Waals surface area contributed by atoms with Crippen LogP contribution in [0.2, 0.25) is 0 Å². The summed E-state index contributed by atoms with van der Waals surface area (Å²) in [6.07, 6.45) is -0.313. The summed E-state index contributed by atoms with van der Waals surface area (Å²) in [5, 5.41) is 10.9. The van der Waals surface area contributed by atoms with Crippen LogP contribution in [0, 0.1) is 11.8 Å². The maximum absolute atomic E-state index is 12.8. The summed E-state index contributed by atoms with van der Waals surface area (Å²) in [7, 11) is 3.79. The van der Waals surface area contributed by atoms with Gasteiger partial charge in [-0.15, -0.1) is 0 Å². The Morgan fingerprint density at radius 3 is 2.14 bits per heavy atom. The van der Waals surface area contributed by atoms with Gasteiger partial charge in [0, 0.05) is 32.1 Å². The van der Waals surface area contributed by atoms with E-state index in [0.29, 0.717) is 5.56 Å². The van der Waals surface area contributed by atoms with Crippen LogP contribution in [0.1, 0.15) is 38.7 Å². The van der Waals surface area contributed by atoms with E-state index in [2.05, 4.69) is 0 Å². The number of nitrogens with zero attached hydrogens (tertiary/aromatic N) is 1. The van der Waals surface area contributed by atoms with E-state index in [-0.39, 0.29) is 19.6 Å². The predicted molar refractivity (Wildman–Crippen MR) is 104 cm³/mol. The number of Topliss-reactive ketones (excluding diaryl/α,β-unsaturated/α-hetero) is 1. The molecule has 1 saturated carbocycles. The third kappa shape index (κ3) is 4.35. The van der Waals surface area contributed by atoms with Gasteiger partial charge in [-0.2, -0.15) is 0 Å². The number of anilines is 1. The van der Waals surface area contributed by atoms with Crippen molar-refractivity contribution >= 4 is 23.4 Å². The molecule has 2 rings (SSSR count). The normalized spacial score (nSPS) is 27.2. The highest BCUT2D eigenvalue weighted by atomic mass is 16.5. The molecule has 0 aliphatic heterocycles. The Balaban J connectivity index is 2.59. The van der Waals surface area contributed by atoms with Gasteiger partial charge in [0.1, 0.15) is 5.92 Å². The molecular formula is C21H29NO6. The summed E-state index contributed by atoms with van der Waals surface area (Å²) in [4.78, 5) is 40.1. The van der Waals surface area contributed by atoms with Gasteiger partial charge < -0.3 is 19.5 Å². The monoisotopic (exact) mass is 391 g/mol. The van der Waals surface area contributed by atoms with Crippen LogP contribution >= 0.6 is 0 Å². The Hall–Kier alpha value is -2.41. The first-order valence-corrected chi connectivity index (χ1v) is 9.49. The molecule has 7 heteroatoms. The third-order valence-electron chi connectivity index (χ3n) is 5.14. The minimum absolute atomic E-state index is 0.120. The summed E-state index contributed by atoms with van der Waals surface area (Å²) >= 11 is 0. The van der Waals surface area contributed by atoms with Gasteiger partial charge in [-0.1, -0.05) is 12.1 Å². The average Bonchev–Trinajstić information content (AvgIpc) is 2.60. The number of carbonyl (C=O) groups excluding carboxylic acids is 3. The zero-order chi connectivity index (χ0) is 21.1. The van der Waals surface area contributed by atoms with E-state index in [1.807, 2.05) is 31.1 Å². The zero-order valence-corrected chi connectivity index (χ0v) is 17.1. The first-order chi connectivity index (χ1) is 13.1. The quantitative estimate of drug-likeness (QED) is 0.585. The lowest BCUT2D eigenvalue weighted by atomic mass is 9.61. The lowest BCUT2D eigenvalue weighted by Crippen LogP contribution is -2.55. The van der Waals surface area contributed by atoms with E-state index in [0.717, 1.165) is 5.69 Å². The van der Waals surface area contributed by atoms with Crippen LogP contribution < -0.4 is 4.90 Å². The van der Waals surface area contributed by atoms with Gasteiger partial charge >= 0.3 is 11.9 Å². The number of benzene rings is 1. The maximum Gasteiger partial charge on any atom is 0.317 e. The lowest BCUT2D eigenvalue weighted by molar-refractivity contribution is -0.172. The highest BCUT2D eigenvalue weighted by Gasteiger charge is 2.57. The van der Waals surface area contributed by atoms with Gasteiger partial charge in [-0.05, 0) is 38.5 Å². The fraction of sp³-hybridized carbons (Fsp3) is 0.571. The summed E-state index contributed by atoms with van der Waals surface area (Å²) in [5.41, 5.74) is -0.0925. The molecule has 0 spiro atoms. The van der Waals surface area contributed by atoms with Crippen LogP contribution in [0.25, 0.3) is 0 Å². The number of esters is 2. The van der Waals surface area contributed by atoms with Gasteiger partial charge in [0.15, 0.2) is 5.78 Å². The average molecular weight is 391 g/mol. The molecule has 0 aromatic heterocycles. The van der Waals surface area contributed by atoms with Crippen LogP contribution in [0.15, 0.2) is 24.3 Å². The van der Waals surface area contributed by atoms with Crippen molar-refractivity contribution in [1.29, 1.82) is 0 Å². The maximum atomic E-state index is 12.8. The SMILES string of the molecule is CCOC(=O)[C@@H]1C(=O)C[C@@](C)(O)[C@H](C(=O)OCC)[C@@H]1c1ccc(N(C)C)cc1. The van der Waals surface area contributed by atoms with E-state index < -0.39 is 41.1 Å². The molecule has 1 aliphatic carbocycles. The topological polar surface area (TPSA) is 93.1 Å². The van der Waals surface area contributed by atoms with Crippen molar-refractivity contribution in [2.24, 2.45) is 11.8 Å². The number of hydrogen-bond donors (Lipinski definition) is 1. The molecule has 0 bridgehead atoms. The Labute approximate surface area is 165 Å². The number of ketones is 1. The molecule has 0 saturated heterocycles. The first-order valence-electron chi connectivity index (χ1n) is 9.49. The van der Waals surface area contributed by atoms with Crippen molar-refractivity contribution in [3.05, 3.63) is 29.8 Å². The van der Waals surface area contributed by atoms with Crippen molar-refractivity contribution in [2.75, 3.05) is 32.2 Å². The predicted octanol–water partition coefficient (Wildman–Crippen LogP) is 1.92. The molecule has 4 atom stereocenters. The standard InChI is InChI=1S/C21H29NO6/c1-6-27-19(24)17-15(23)12-21(3,26)18(20(25)28-7-2)16(17)13-8-10-14(11-9-13)22(4)5/h8-11,16-18,26H,6-7,12H2,1-5H3/t16-,17-,18+,21-/m1/s1. The minimum atomic E-state index is -1.63. The summed E-state index contributed by atoms with van der Waals surface area (Å²) in [5.74, 6) is -4.85. The summed E-state index contributed by atoms with van der Waals surface area (Å²) in [6, 6.07) is 7.22.